The molecule has 5 nitrogen and oxygen atoms in total. The van der Waals surface area contributed by atoms with Crippen molar-refractivity contribution >= 4 is 30.3 Å². The molecule has 0 aromatic heterocycles. The van der Waals surface area contributed by atoms with E-state index in [0.29, 0.717) is 31.2 Å². The van der Waals surface area contributed by atoms with Gasteiger partial charge in [0.2, 0.25) is 5.91 Å². The highest BCUT2D eigenvalue weighted by Gasteiger charge is 2.29. The number of hydrogen-bond donors (Lipinski definition) is 2. The number of carbonyl (C=O) groups excluding carboxylic acids is 2. The van der Waals surface area contributed by atoms with Crippen molar-refractivity contribution in [2.24, 2.45) is 5.92 Å². The van der Waals surface area contributed by atoms with Crippen LogP contribution in [0.1, 0.15) is 32.8 Å². The summed E-state index contributed by atoms with van der Waals surface area (Å²) >= 11 is 4.28. The van der Waals surface area contributed by atoms with E-state index in [1.807, 2.05) is 45.0 Å². The summed E-state index contributed by atoms with van der Waals surface area (Å²) in [6.07, 6.45) is 0.0967. The lowest BCUT2D eigenvalue weighted by molar-refractivity contribution is -0.117. The van der Waals surface area contributed by atoms with Gasteiger partial charge in [-0.05, 0) is 50.1 Å². The highest BCUT2D eigenvalue weighted by Crippen LogP contribution is 2.26. The van der Waals surface area contributed by atoms with Crippen LogP contribution in [-0.4, -0.2) is 29.9 Å². The third-order valence-corrected chi connectivity index (χ3v) is 4.04. The van der Waals surface area contributed by atoms with Gasteiger partial charge in [-0.15, -0.1) is 0 Å². The Hall–Kier alpha value is -1.69. The average molecular weight is 336 g/mol. The zero-order valence-electron chi connectivity index (χ0n) is 13.8. The van der Waals surface area contributed by atoms with Crippen LogP contribution in [0.4, 0.5) is 10.5 Å². The molecule has 1 heterocycles. The van der Waals surface area contributed by atoms with Crippen LogP contribution in [0.15, 0.2) is 24.3 Å². The molecule has 2 rings (SSSR count). The molecule has 126 valence electrons. The van der Waals surface area contributed by atoms with Crippen molar-refractivity contribution in [3.05, 3.63) is 29.8 Å². The van der Waals surface area contributed by atoms with E-state index in [9.17, 15) is 9.59 Å². The van der Waals surface area contributed by atoms with Gasteiger partial charge < -0.3 is 15.0 Å². The number of rotatable bonds is 4. The van der Waals surface area contributed by atoms with Crippen molar-refractivity contribution < 1.29 is 14.3 Å². The van der Waals surface area contributed by atoms with Crippen molar-refractivity contribution in [1.82, 2.24) is 5.32 Å². The highest BCUT2D eigenvalue weighted by molar-refractivity contribution is 7.80. The van der Waals surface area contributed by atoms with E-state index in [1.54, 1.807) is 4.90 Å². The van der Waals surface area contributed by atoms with Crippen molar-refractivity contribution in [3.8, 4) is 0 Å². The normalized spacial score (nSPS) is 18.2. The molecule has 0 radical (unpaired) electrons. The zero-order chi connectivity index (χ0) is 17.0. The van der Waals surface area contributed by atoms with Gasteiger partial charge in [-0.1, -0.05) is 12.1 Å². The van der Waals surface area contributed by atoms with Crippen LogP contribution in [0.3, 0.4) is 0 Å². The lowest BCUT2D eigenvalue weighted by Gasteiger charge is -2.20. The van der Waals surface area contributed by atoms with Gasteiger partial charge in [0.1, 0.15) is 5.60 Å². The maximum Gasteiger partial charge on any atom is 0.407 e. The fourth-order valence-electron chi connectivity index (χ4n) is 2.48. The second-order valence-electron chi connectivity index (χ2n) is 6.78. The molecule has 1 fully saturated rings. The quantitative estimate of drug-likeness (QED) is 0.831. The van der Waals surface area contributed by atoms with E-state index in [4.69, 9.17) is 4.74 Å². The topological polar surface area (TPSA) is 58.6 Å². The Kier molecular flexibility index (Phi) is 5.57. The fourth-order valence-corrected chi connectivity index (χ4v) is 2.72. The molecule has 1 aliphatic rings. The first-order valence-corrected chi connectivity index (χ1v) is 8.39. The number of nitrogens with zero attached hydrogens (tertiary/aromatic N) is 1. The molecule has 0 spiro atoms. The van der Waals surface area contributed by atoms with E-state index in [-0.39, 0.29) is 5.91 Å². The Balaban J connectivity index is 1.98. The number of ether oxygens (including phenoxy) is 1. The smallest absolute Gasteiger partial charge is 0.407 e. The van der Waals surface area contributed by atoms with Gasteiger partial charge in [0.15, 0.2) is 0 Å². The van der Waals surface area contributed by atoms with Crippen molar-refractivity contribution in [3.63, 3.8) is 0 Å². The molecule has 1 aromatic carbocycles. The number of hydrogen-bond acceptors (Lipinski definition) is 4. The molecule has 6 heteroatoms. The first-order valence-electron chi connectivity index (χ1n) is 7.75. The van der Waals surface area contributed by atoms with E-state index in [0.717, 1.165) is 11.3 Å². The second kappa shape index (κ2) is 7.25. The van der Waals surface area contributed by atoms with Gasteiger partial charge in [0.05, 0.1) is 0 Å². The van der Waals surface area contributed by atoms with Crippen molar-refractivity contribution in [1.29, 1.82) is 0 Å². The molecule has 1 aromatic rings. The van der Waals surface area contributed by atoms with Gasteiger partial charge >= 0.3 is 6.09 Å². The predicted molar refractivity (Wildman–Crippen MR) is 93.8 cm³/mol. The van der Waals surface area contributed by atoms with Gasteiger partial charge in [-0.2, -0.15) is 12.6 Å². The molecular formula is C17H24N2O3S. The minimum atomic E-state index is -0.518. The minimum Gasteiger partial charge on any atom is -0.444 e. The Bertz CT molecular complexity index is 583. The summed E-state index contributed by atoms with van der Waals surface area (Å²) in [7, 11) is 0. The molecule has 1 saturated heterocycles. The molecule has 1 aliphatic heterocycles. The van der Waals surface area contributed by atoms with Crippen LogP contribution >= 0.6 is 12.6 Å². The van der Waals surface area contributed by atoms with E-state index in [2.05, 4.69) is 17.9 Å². The number of nitrogens with one attached hydrogen (secondary N) is 1. The second-order valence-corrected chi connectivity index (χ2v) is 7.15. The summed E-state index contributed by atoms with van der Waals surface area (Å²) in [6, 6.07) is 7.65. The molecule has 0 aliphatic carbocycles. The maximum atomic E-state index is 12.1. The lowest BCUT2D eigenvalue weighted by atomic mass is 10.1. The summed E-state index contributed by atoms with van der Waals surface area (Å²) in [4.78, 5) is 25.6. The molecule has 1 N–H and O–H groups in total. The van der Waals surface area contributed by atoms with Crippen LogP contribution in [0.25, 0.3) is 0 Å². The molecule has 23 heavy (non-hydrogen) atoms. The lowest BCUT2D eigenvalue weighted by Crippen LogP contribution is -2.32. The monoisotopic (exact) mass is 336 g/mol. The number of amides is 2. The van der Waals surface area contributed by atoms with Crippen molar-refractivity contribution in [2.75, 3.05) is 17.2 Å². The molecule has 1 unspecified atom stereocenters. The molecule has 2 amide bonds. The fraction of sp³-hybridized carbons (Fsp3) is 0.529. The van der Waals surface area contributed by atoms with Gasteiger partial charge in [0, 0.05) is 25.2 Å². The van der Waals surface area contributed by atoms with Crippen LogP contribution < -0.4 is 10.2 Å². The predicted octanol–water partition coefficient (Wildman–Crippen LogP) is 2.99. The van der Waals surface area contributed by atoms with Gasteiger partial charge in [-0.3, -0.25) is 4.79 Å². The van der Waals surface area contributed by atoms with E-state index < -0.39 is 11.7 Å². The first kappa shape index (κ1) is 17.7. The standard InChI is InChI=1S/C17H24N2O3S/c1-17(2,3)22-16(21)18-9-12-5-4-6-14(7-12)19-10-13(11-23)8-15(19)20/h4-7,13,23H,8-11H2,1-3H3,(H,18,21). The number of anilines is 1. The third-order valence-electron chi connectivity index (χ3n) is 3.52. The number of alkyl carbamates (subject to hydrolysis) is 1. The summed E-state index contributed by atoms with van der Waals surface area (Å²) in [5.41, 5.74) is 1.27. The Labute approximate surface area is 142 Å². The number of carbonyl (C=O) groups is 2. The van der Waals surface area contributed by atoms with E-state index >= 15 is 0 Å². The Morgan fingerprint density at radius 2 is 2.17 bits per heavy atom. The highest BCUT2D eigenvalue weighted by atomic mass is 32.1. The number of thiol groups is 1. The van der Waals surface area contributed by atoms with Gasteiger partial charge in [-0.25, -0.2) is 4.79 Å². The van der Waals surface area contributed by atoms with Crippen molar-refractivity contribution in [2.45, 2.75) is 39.3 Å². The molecular weight excluding hydrogens is 312 g/mol. The van der Waals surface area contributed by atoms with Crippen LogP contribution in [-0.2, 0) is 16.1 Å². The van der Waals surface area contributed by atoms with E-state index in [1.165, 1.54) is 0 Å². The average Bonchev–Trinajstić information content (AvgIpc) is 2.85. The molecule has 0 saturated carbocycles. The number of benzene rings is 1. The third kappa shape index (κ3) is 5.16. The maximum absolute atomic E-state index is 12.1. The molecule has 0 bridgehead atoms. The minimum absolute atomic E-state index is 0.126. The summed E-state index contributed by atoms with van der Waals surface area (Å²) in [5.74, 6) is 1.14. The van der Waals surface area contributed by atoms with Gasteiger partial charge in [0.25, 0.3) is 0 Å². The Morgan fingerprint density at radius 1 is 1.43 bits per heavy atom. The van der Waals surface area contributed by atoms with Crippen LogP contribution in [0, 0.1) is 5.92 Å². The summed E-state index contributed by atoms with van der Waals surface area (Å²) in [5, 5.41) is 2.73. The zero-order valence-corrected chi connectivity index (χ0v) is 14.7. The first-order chi connectivity index (χ1) is 10.8. The molecule has 1 atom stereocenters. The summed E-state index contributed by atoms with van der Waals surface area (Å²) in [6.45, 7) is 6.53. The summed E-state index contributed by atoms with van der Waals surface area (Å²) < 4.78 is 5.21. The largest absolute Gasteiger partial charge is 0.444 e. The van der Waals surface area contributed by atoms with Crippen LogP contribution in [0.2, 0.25) is 0 Å². The van der Waals surface area contributed by atoms with Crippen LogP contribution in [0.5, 0.6) is 0 Å². The Morgan fingerprint density at radius 3 is 2.78 bits per heavy atom. The SMILES string of the molecule is CC(C)(C)OC(=O)NCc1cccc(N2CC(CS)CC2=O)c1.